The lowest BCUT2D eigenvalue weighted by Crippen LogP contribution is -2.21. The fraction of sp³-hybridized carbons (Fsp3) is 0.333. The van der Waals surface area contributed by atoms with Crippen molar-refractivity contribution < 1.29 is 30.5 Å². The SMILES string of the molecule is Cc1cc([S+](CF)c2ccccc2)c(C)c(C)c1C.O=S(=O)([O-])C(F)(F)F. The molecule has 0 aliphatic rings. The van der Waals surface area contributed by atoms with Gasteiger partial charge in [0.1, 0.15) is 0 Å². The third-order valence-corrected chi connectivity index (χ3v) is 6.70. The monoisotopic (exact) mass is 424 g/mol. The van der Waals surface area contributed by atoms with Crippen molar-refractivity contribution in [2.24, 2.45) is 0 Å². The van der Waals surface area contributed by atoms with Crippen LogP contribution in [0.25, 0.3) is 0 Å². The van der Waals surface area contributed by atoms with Crippen LogP contribution in [0, 0.1) is 27.7 Å². The zero-order valence-corrected chi connectivity index (χ0v) is 16.9. The van der Waals surface area contributed by atoms with Crippen LogP contribution in [-0.4, -0.2) is 24.5 Å². The molecule has 0 bridgehead atoms. The zero-order chi connectivity index (χ0) is 21.0. The van der Waals surface area contributed by atoms with Crippen molar-refractivity contribution >= 4 is 21.0 Å². The van der Waals surface area contributed by atoms with Crippen molar-refractivity contribution in [3.05, 3.63) is 58.7 Å². The summed E-state index contributed by atoms with van der Waals surface area (Å²) in [6.45, 7) is 8.48. The van der Waals surface area contributed by atoms with Crippen LogP contribution in [-0.2, 0) is 21.0 Å². The van der Waals surface area contributed by atoms with Gasteiger partial charge in [0.25, 0.3) is 6.01 Å². The molecule has 0 aliphatic heterocycles. The molecule has 0 amide bonds. The zero-order valence-electron chi connectivity index (χ0n) is 15.2. The molecule has 2 aromatic carbocycles. The summed E-state index contributed by atoms with van der Waals surface area (Å²) in [7, 11) is -6.56. The maximum atomic E-state index is 13.6. The molecule has 0 radical (unpaired) electrons. The smallest absolute Gasteiger partial charge is 0.485 e. The Hall–Kier alpha value is -1.58. The van der Waals surface area contributed by atoms with Crippen LogP contribution in [0.3, 0.4) is 0 Å². The molecule has 2 aromatic rings. The van der Waals surface area contributed by atoms with E-state index < -0.39 is 26.5 Å². The molecule has 0 saturated carbocycles. The first-order chi connectivity index (χ1) is 12.3. The maximum absolute atomic E-state index is 13.6. The largest absolute Gasteiger partial charge is 0.741 e. The van der Waals surface area contributed by atoms with Gasteiger partial charge in [0.05, 0.1) is 10.9 Å². The highest BCUT2D eigenvalue weighted by Crippen LogP contribution is 2.31. The number of hydrogen-bond donors (Lipinski definition) is 0. The third kappa shape index (κ3) is 5.95. The van der Waals surface area contributed by atoms with E-state index in [9.17, 15) is 17.6 Å². The van der Waals surface area contributed by atoms with E-state index in [0.717, 1.165) is 9.79 Å². The van der Waals surface area contributed by atoms with E-state index in [1.807, 2.05) is 30.3 Å². The minimum absolute atomic E-state index is 0.327. The number of aryl methyl sites for hydroxylation is 1. The second kappa shape index (κ2) is 9.07. The highest BCUT2D eigenvalue weighted by Gasteiger charge is 2.37. The first-order valence-corrected chi connectivity index (χ1v) is 10.5. The van der Waals surface area contributed by atoms with Crippen molar-refractivity contribution in [2.75, 3.05) is 6.01 Å². The highest BCUT2D eigenvalue weighted by molar-refractivity contribution is 7.96. The van der Waals surface area contributed by atoms with Gasteiger partial charge in [-0.1, -0.05) is 18.2 Å². The Morgan fingerprint density at radius 2 is 1.44 bits per heavy atom. The summed E-state index contributed by atoms with van der Waals surface area (Å²) in [6.07, 6.45) is 0. The van der Waals surface area contributed by atoms with E-state index in [1.165, 1.54) is 22.3 Å². The molecule has 0 heterocycles. The van der Waals surface area contributed by atoms with Gasteiger partial charge in [-0.2, -0.15) is 17.6 Å². The summed E-state index contributed by atoms with van der Waals surface area (Å²) in [6, 6.07) is 11.8. The summed E-state index contributed by atoms with van der Waals surface area (Å²) in [5.41, 5.74) is -0.561. The molecule has 1 unspecified atom stereocenters. The molecule has 27 heavy (non-hydrogen) atoms. The predicted molar refractivity (Wildman–Crippen MR) is 97.5 cm³/mol. The number of alkyl halides is 4. The van der Waals surface area contributed by atoms with Crippen LogP contribution in [0.2, 0.25) is 0 Å². The minimum Gasteiger partial charge on any atom is -0.741 e. The molecule has 150 valence electrons. The summed E-state index contributed by atoms with van der Waals surface area (Å²) < 4.78 is 72.5. The van der Waals surface area contributed by atoms with Crippen molar-refractivity contribution in [3.63, 3.8) is 0 Å². The third-order valence-electron chi connectivity index (χ3n) is 4.12. The summed E-state index contributed by atoms with van der Waals surface area (Å²) >= 11 is 0. The Labute approximate surface area is 159 Å². The molecule has 3 nitrogen and oxygen atoms in total. The number of halogens is 4. The highest BCUT2D eigenvalue weighted by atomic mass is 32.2. The van der Waals surface area contributed by atoms with Gasteiger partial charge in [-0.05, 0) is 62.6 Å². The lowest BCUT2D eigenvalue weighted by atomic mass is 10.00. The summed E-state index contributed by atoms with van der Waals surface area (Å²) in [5.74, 6) is 0. The van der Waals surface area contributed by atoms with Crippen LogP contribution < -0.4 is 0 Å². The standard InChI is InChI=1S/C17H20FS.CHF3O3S/c1-12-10-17(15(4)14(3)13(12)2)19(11-18)16-8-6-5-7-9-16;2-1(3,4)8(5,6)7/h5-10H,11H2,1-4H3;(H,5,6,7)/q+1;/p-1. The van der Waals surface area contributed by atoms with Crippen molar-refractivity contribution in [2.45, 2.75) is 43.0 Å². The summed E-state index contributed by atoms with van der Waals surface area (Å²) in [4.78, 5) is 2.23. The Morgan fingerprint density at radius 1 is 0.963 bits per heavy atom. The van der Waals surface area contributed by atoms with E-state index in [0.29, 0.717) is 0 Å². The second-order valence-corrected chi connectivity index (χ2v) is 9.06. The number of rotatable bonds is 3. The van der Waals surface area contributed by atoms with Crippen LogP contribution in [0.1, 0.15) is 22.3 Å². The van der Waals surface area contributed by atoms with Gasteiger partial charge in [0, 0.05) is 5.56 Å². The van der Waals surface area contributed by atoms with Crippen LogP contribution >= 0.6 is 0 Å². The first-order valence-electron chi connectivity index (χ1n) is 7.72. The molecule has 1 atom stereocenters. The molecular weight excluding hydrogens is 404 g/mol. The van der Waals surface area contributed by atoms with Gasteiger partial charge >= 0.3 is 5.51 Å². The topological polar surface area (TPSA) is 57.2 Å². The fourth-order valence-corrected chi connectivity index (χ4v) is 4.09. The average molecular weight is 424 g/mol. The van der Waals surface area contributed by atoms with Gasteiger partial charge in [-0.3, -0.25) is 0 Å². The molecule has 0 aromatic heterocycles. The minimum atomic E-state index is -6.09. The van der Waals surface area contributed by atoms with Crippen LogP contribution in [0.5, 0.6) is 0 Å². The molecule has 0 aliphatic carbocycles. The van der Waals surface area contributed by atoms with Crippen molar-refractivity contribution in [1.82, 2.24) is 0 Å². The van der Waals surface area contributed by atoms with Gasteiger partial charge in [-0.25, -0.2) is 8.42 Å². The Morgan fingerprint density at radius 3 is 1.85 bits per heavy atom. The summed E-state index contributed by atoms with van der Waals surface area (Å²) in [5, 5.41) is 0. The number of benzene rings is 2. The van der Waals surface area contributed by atoms with Crippen LogP contribution in [0.15, 0.2) is 46.2 Å². The lowest BCUT2D eigenvalue weighted by molar-refractivity contribution is -0.0517. The lowest BCUT2D eigenvalue weighted by Gasteiger charge is -2.13. The van der Waals surface area contributed by atoms with E-state index in [2.05, 4.69) is 33.8 Å². The molecule has 0 fully saturated rings. The Balaban J connectivity index is 0.000000387. The molecule has 2 rings (SSSR count). The Kier molecular flexibility index (Phi) is 7.88. The van der Waals surface area contributed by atoms with Gasteiger partial charge in [-0.15, -0.1) is 0 Å². The number of hydrogen-bond acceptors (Lipinski definition) is 3. The van der Waals surface area contributed by atoms with E-state index in [-0.39, 0.29) is 6.01 Å². The average Bonchev–Trinajstić information content (AvgIpc) is 2.58. The van der Waals surface area contributed by atoms with E-state index >= 15 is 0 Å². The van der Waals surface area contributed by atoms with Crippen molar-refractivity contribution in [1.29, 1.82) is 0 Å². The molecule has 0 N–H and O–H groups in total. The van der Waals surface area contributed by atoms with Gasteiger partial charge < -0.3 is 4.55 Å². The van der Waals surface area contributed by atoms with Gasteiger partial charge in [0.2, 0.25) is 0 Å². The second-order valence-electron chi connectivity index (χ2n) is 5.78. The first kappa shape index (κ1) is 23.5. The van der Waals surface area contributed by atoms with Crippen molar-refractivity contribution in [3.8, 4) is 0 Å². The fourth-order valence-electron chi connectivity index (χ4n) is 2.26. The Bertz CT molecular complexity index is 880. The normalized spacial score (nSPS) is 12.9. The maximum Gasteiger partial charge on any atom is 0.485 e. The quantitative estimate of drug-likeness (QED) is 0.304. The molecule has 9 heteroatoms. The predicted octanol–water partition coefficient (Wildman–Crippen LogP) is 4.93. The molecular formula is C18H20F4O3S2. The van der Waals surface area contributed by atoms with Gasteiger partial charge in [0.15, 0.2) is 19.9 Å². The molecule has 0 saturated heterocycles. The van der Waals surface area contributed by atoms with E-state index in [1.54, 1.807) is 0 Å². The van der Waals surface area contributed by atoms with Crippen LogP contribution in [0.4, 0.5) is 17.6 Å². The van der Waals surface area contributed by atoms with E-state index in [4.69, 9.17) is 13.0 Å². The molecule has 0 spiro atoms.